The van der Waals surface area contributed by atoms with Gasteiger partial charge in [0.1, 0.15) is 0 Å². The first kappa shape index (κ1) is 10.4. The number of nitrogens with zero attached hydrogens (tertiary/aromatic N) is 2. The van der Waals surface area contributed by atoms with Crippen molar-refractivity contribution in [2.75, 3.05) is 11.5 Å². The molecule has 1 N–H and O–H groups in total. The van der Waals surface area contributed by atoms with Crippen molar-refractivity contribution in [3.8, 4) is 0 Å². The lowest BCUT2D eigenvalue weighted by atomic mass is 10.2. The molecule has 0 saturated carbocycles. The molecule has 3 heterocycles. The molecule has 1 aliphatic heterocycles. The van der Waals surface area contributed by atoms with Crippen LogP contribution in [0.15, 0.2) is 18.5 Å². The summed E-state index contributed by atoms with van der Waals surface area (Å²) < 4.78 is 3.09. The topological polar surface area (TPSA) is 33.6 Å². The van der Waals surface area contributed by atoms with Gasteiger partial charge in [-0.25, -0.2) is 0 Å². The van der Waals surface area contributed by atoms with E-state index in [0.717, 1.165) is 10.3 Å². The van der Waals surface area contributed by atoms with Gasteiger partial charge in [-0.05, 0) is 36.9 Å². The van der Waals surface area contributed by atoms with Crippen LogP contribution in [0.1, 0.15) is 18.9 Å². The van der Waals surface area contributed by atoms with Gasteiger partial charge in [-0.15, -0.1) is 0 Å². The zero-order valence-electron chi connectivity index (χ0n) is 8.85. The van der Waals surface area contributed by atoms with E-state index in [0.29, 0.717) is 6.04 Å². The molecule has 2 aromatic heterocycles. The smallest absolute Gasteiger partial charge is 0.178 e. The number of hydrogen-bond donors (Lipinski definition) is 1. The number of aromatic nitrogens is 3. The van der Waals surface area contributed by atoms with Crippen LogP contribution in [-0.4, -0.2) is 26.0 Å². The highest BCUT2D eigenvalue weighted by molar-refractivity contribution is 7.99. The lowest BCUT2D eigenvalue weighted by molar-refractivity contribution is 0.506. The second kappa shape index (κ2) is 4.22. The molecule has 16 heavy (non-hydrogen) atoms. The lowest BCUT2D eigenvalue weighted by Gasteiger charge is -2.23. The second-order valence-corrected chi connectivity index (χ2v) is 5.60. The quantitative estimate of drug-likeness (QED) is 0.790. The third-order valence-corrected chi connectivity index (χ3v) is 4.52. The molecule has 1 unspecified atom stereocenters. The molecule has 0 bridgehead atoms. The SMILES string of the molecule is S=c1[nH]c2cnccc2n1C1CCCSC1. The van der Waals surface area contributed by atoms with E-state index < -0.39 is 0 Å². The van der Waals surface area contributed by atoms with Crippen LogP contribution >= 0.6 is 24.0 Å². The fraction of sp³-hybridized carbons (Fsp3) is 0.455. The summed E-state index contributed by atoms with van der Waals surface area (Å²) in [5.74, 6) is 2.46. The Bertz CT molecular complexity index is 552. The minimum Gasteiger partial charge on any atom is -0.329 e. The average molecular weight is 251 g/mol. The van der Waals surface area contributed by atoms with Crippen LogP contribution < -0.4 is 0 Å². The first-order valence-corrected chi connectivity index (χ1v) is 7.04. The number of imidazole rings is 1. The predicted octanol–water partition coefficient (Wildman–Crippen LogP) is 3.16. The monoisotopic (exact) mass is 251 g/mol. The molecule has 0 radical (unpaired) electrons. The lowest BCUT2D eigenvalue weighted by Crippen LogP contribution is -2.16. The summed E-state index contributed by atoms with van der Waals surface area (Å²) in [5, 5.41) is 0. The van der Waals surface area contributed by atoms with Gasteiger partial charge in [0.15, 0.2) is 4.77 Å². The van der Waals surface area contributed by atoms with Gasteiger partial charge in [-0.3, -0.25) is 4.98 Å². The number of nitrogens with one attached hydrogen (secondary N) is 1. The Kier molecular flexibility index (Phi) is 2.73. The zero-order valence-corrected chi connectivity index (χ0v) is 10.5. The van der Waals surface area contributed by atoms with E-state index in [9.17, 15) is 0 Å². The molecule has 1 saturated heterocycles. The van der Waals surface area contributed by atoms with Gasteiger partial charge in [0.25, 0.3) is 0 Å². The van der Waals surface area contributed by atoms with Crippen molar-refractivity contribution in [1.29, 1.82) is 0 Å². The maximum atomic E-state index is 5.40. The molecule has 2 aromatic rings. The van der Waals surface area contributed by atoms with E-state index in [1.165, 1.54) is 29.9 Å². The molecule has 0 amide bonds. The van der Waals surface area contributed by atoms with Crippen molar-refractivity contribution in [2.45, 2.75) is 18.9 Å². The molecule has 84 valence electrons. The molecule has 1 aliphatic rings. The molecular formula is C11H13N3S2. The zero-order chi connectivity index (χ0) is 11.0. The Morgan fingerprint density at radius 3 is 3.31 bits per heavy atom. The maximum absolute atomic E-state index is 5.40. The van der Waals surface area contributed by atoms with Crippen LogP contribution in [0.3, 0.4) is 0 Å². The summed E-state index contributed by atoms with van der Waals surface area (Å²) >= 11 is 7.43. The van der Waals surface area contributed by atoms with Crippen LogP contribution in [0, 0.1) is 4.77 Å². The molecule has 1 atom stereocenters. The number of pyridine rings is 1. The normalized spacial score (nSPS) is 21.4. The fourth-order valence-corrected chi connectivity index (χ4v) is 3.75. The highest BCUT2D eigenvalue weighted by Gasteiger charge is 2.18. The number of aromatic amines is 1. The van der Waals surface area contributed by atoms with E-state index in [4.69, 9.17) is 12.2 Å². The number of rotatable bonds is 1. The largest absolute Gasteiger partial charge is 0.329 e. The Morgan fingerprint density at radius 1 is 1.56 bits per heavy atom. The van der Waals surface area contributed by atoms with Crippen molar-refractivity contribution in [2.24, 2.45) is 0 Å². The summed E-state index contributed by atoms with van der Waals surface area (Å²) in [4.78, 5) is 7.35. The molecule has 0 aliphatic carbocycles. The minimum atomic E-state index is 0.544. The average Bonchev–Trinajstić information content (AvgIpc) is 2.66. The summed E-state index contributed by atoms with van der Waals surface area (Å²) in [7, 11) is 0. The van der Waals surface area contributed by atoms with E-state index in [2.05, 4.69) is 14.5 Å². The number of fused-ring (bicyclic) bond motifs is 1. The highest BCUT2D eigenvalue weighted by atomic mass is 32.2. The summed E-state index contributed by atoms with van der Waals surface area (Å²) in [6, 6.07) is 2.59. The fourth-order valence-electron chi connectivity index (χ4n) is 2.27. The first-order chi connectivity index (χ1) is 7.86. The summed E-state index contributed by atoms with van der Waals surface area (Å²) in [5.41, 5.74) is 2.23. The Morgan fingerprint density at radius 2 is 2.50 bits per heavy atom. The highest BCUT2D eigenvalue weighted by Crippen LogP contribution is 2.29. The number of hydrogen-bond acceptors (Lipinski definition) is 3. The van der Waals surface area contributed by atoms with Gasteiger partial charge in [-0.1, -0.05) is 0 Å². The minimum absolute atomic E-state index is 0.544. The van der Waals surface area contributed by atoms with Crippen molar-refractivity contribution < 1.29 is 0 Å². The van der Waals surface area contributed by atoms with Crippen molar-refractivity contribution in [1.82, 2.24) is 14.5 Å². The third kappa shape index (κ3) is 1.68. The number of thioether (sulfide) groups is 1. The van der Waals surface area contributed by atoms with Crippen LogP contribution in [0.4, 0.5) is 0 Å². The number of H-pyrrole nitrogens is 1. The van der Waals surface area contributed by atoms with Crippen molar-refractivity contribution in [3.05, 3.63) is 23.2 Å². The Balaban J connectivity index is 2.14. The third-order valence-electron chi connectivity index (χ3n) is 3.02. The van der Waals surface area contributed by atoms with Gasteiger partial charge in [0.2, 0.25) is 0 Å². The second-order valence-electron chi connectivity index (χ2n) is 4.06. The molecule has 3 nitrogen and oxygen atoms in total. The molecule has 5 heteroatoms. The van der Waals surface area contributed by atoms with Gasteiger partial charge < -0.3 is 9.55 Å². The van der Waals surface area contributed by atoms with Crippen molar-refractivity contribution >= 4 is 35.0 Å². The van der Waals surface area contributed by atoms with Crippen molar-refractivity contribution in [3.63, 3.8) is 0 Å². The van der Waals surface area contributed by atoms with Crippen LogP contribution in [-0.2, 0) is 0 Å². The standard InChI is InChI=1S/C11H13N3S2/c15-11-13-9-6-12-4-3-10(9)14(11)8-2-1-5-16-7-8/h3-4,6,8H,1-2,5,7H2,(H,13,15). The molecule has 1 fully saturated rings. The van der Waals surface area contributed by atoms with Crippen LogP contribution in [0.2, 0.25) is 0 Å². The van der Waals surface area contributed by atoms with Crippen LogP contribution in [0.5, 0.6) is 0 Å². The van der Waals surface area contributed by atoms with Gasteiger partial charge in [0.05, 0.1) is 17.2 Å². The maximum Gasteiger partial charge on any atom is 0.178 e. The first-order valence-electron chi connectivity index (χ1n) is 5.48. The molecule has 3 rings (SSSR count). The Labute approximate surface area is 103 Å². The Hall–Kier alpha value is -0.810. The van der Waals surface area contributed by atoms with E-state index in [-0.39, 0.29) is 0 Å². The molecule has 0 spiro atoms. The molecular weight excluding hydrogens is 238 g/mol. The van der Waals surface area contributed by atoms with E-state index >= 15 is 0 Å². The summed E-state index contributed by atoms with van der Waals surface area (Å²) in [6.45, 7) is 0. The summed E-state index contributed by atoms with van der Waals surface area (Å²) in [6.07, 6.45) is 6.19. The van der Waals surface area contributed by atoms with E-state index in [1.807, 2.05) is 30.2 Å². The predicted molar refractivity (Wildman–Crippen MR) is 70.5 cm³/mol. The van der Waals surface area contributed by atoms with Crippen LogP contribution in [0.25, 0.3) is 11.0 Å². The van der Waals surface area contributed by atoms with Gasteiger partial charge in [-0.2, -0.15) is 11.8 Å². The van der Waals surface area contributed by atoms with E-state index in [1.54, 1.807) is 0 Å². The molecule has 0 aromatic carbocycles. The van der Waals surface area contributed by atoms with Gasteiger partial charge in [0, 0.05) is 18.0 Å². The van der Waals surface area contributed by atoms with Gasteiger partial charge >= 0.3 is 0 Å².